The van der Waals surface area contributed by atoms with Crippen LogP contribution in [0.5, 0.6) is 5.88 Å². The molecule has 2 aliphatic heterocycles. The molecule has 8 rings (SSSR count). The molecule has 4 aromatic rings. The Morgan fingerprint density at radius 3 is 2.50 bits per heavy atom. The molecule has 15 heteroatoms. The summed E-state index contributed by atoms with van der Waals surface area (Å²) < 4.78 is 34.5. The van der Waals surface area contributed by atoms with E-state index in [1.807, 2.05) is 60.7 Å². The number of allylic oxidation sites excluding steroid dienone is 1. The normalized spacial score (nSPS) is 26.2. The number of fused-ring (bicyclic) bond motifs is 5. The Kier molecular flexibility index (Phi) is 9.50. The maximum Gasteiger partial charge on any atom is 0.270 e. The van der Waals surface area contributed by atoms with Gasteiger partial charge in [0.2, 0.25) is 27.7 Å². The van der Waals surface area contributed by atoms with E-state index < -0.39 is 68.5 Å². The molecule has 2 aliphatic carbocycles. The number of ether oxygens (including phenoxy) is 1. The highest BCUT2D eigenvalue weighted by Crippen LogP contribution is 2.46. The molecule has 0 unspecified atom stereocenters. The molecule has 4 amide bonds. The zero-order valence-corrected chi connectivity index (χ0v) is 30.3. The number of amides is 4. The van der Waals surface area contributed by atoms with Gasteiger partial charge in [0.05, 0.1) is 17.3 Å². The van der Waals surface area contributed by atoms with E-state index in [4.69, 9.17) is 9.72 Å². The summed E-state index contributed by atoms with van der Waals surface area (Å²) in [5.41, 5.74) is -0.679. The number of hydrogen-bond acceptors (Lipinski definition) is 10. The van der Waals surface area contributed by atoms with Crippen molar-refractivity contribution in [2.45, 2.75) is 86.8 Å². The van der Waals surface area contributed by atoms with Gasteiger partial charge < -0.3 is 20.3 Å². The van der Waals surface area contributed by atoms with Crippen LogP contribution in [0.2, 0.25) is 0 Å². The maximum atomic E-state index is 14.6. The van der Waals surface area contributed by atoms with Crippen LogP contribution in [0.4, 0.5) is 0 Å². The van der Waals surface area contributed by atoms with Crippen molar-refractivity contribution in [3.8, 4) is 5.88 Å². The first-order valence-electron chi connectivity index (χ1n) is 18.5. The van der Waals surface area contributed by atoms with E-state index >= 15 is 0 Å². The fourth-order valence-electron chi connectivity index (χ4n) is 7.63. The fraction of sp³-hybridized carbons (Fsp3) is 0.410. The molecule has 54 heavy (non-hydrogen) atoms. The summed E-state index contributed by atoms with van der Waals surface area (Å²) in [4.78, 5) is 70.2. The molecule has 3 N–H and O–H groups in total. The first-order valence-corrected chi connectivity index (χ1v) is 20.0. The van der Waals surface area contributed by atoms with Gasteiger partial charge in [-0.1, -0.05) is 61.4 Å². The minimum atomic E-state index is -3.89. The van der Waals surface area contributed by atoms with Crippen LogP contribution in [0.15, 0.2) is 79.3 Å². The Balaban J connectivity index is 1.12. The number of nitrogens with one attached hydrogen (secondary N) is 3. The topological polar surface area (TPSA) is 190 Å². The van der Waals surface area contributed by atoms with Crippen molar-refractivity contribution in [2.75, 3.05) is 6.54 Å². The van der Waals surface area contributed by atoms with Crippen molar-refractivity contribution in [1.82, 2.24) is 35.2 Å². The van der Waals surface area contributed by atoms with E-state index in [1.54, 1.807) is 0 Å². The number of sulfonamides is 1. The second kappa shape index (κ2) is 14.4. The highest BCUT2D eigenvalue weighted by molar-refractivity contribution is 7.91. The Hall–Kier alpha value is -5.44. The molecule has 0 radical (unpaired) electrons. The quantitative estimate of drug-likeness (QED) is 0.187. The van der Waals surface area contributed by atoms with E-state index in [-0.39, 0.29) is 25.1 Å². The lowest BCUT2D eigenvalue weighted by molar-refractivity contribution is -0.141. The van der Waals surface area contributed by atoms with Gasteiger partial charge in [0.15, 0.2) is 0 Å². The molecular weight excluding hydrogens is 711 g/mol. The number of nitrogens with zero attached hydrogens (tertiary/aromatic N) is 4. The average Bonchev–Trinajstić information content (AvgIpc) is 4.11. The predicted octanol–water partition coefficient (Wildman–Crippen LogP) is 3.33. The smallest absolute Gasteiger partial charge is 0.270 e. The number of carbonyl (C=O) groups excluding carboxylic acids is 4. The molecule has 5 atom stereocenters. The van der Waals surface area contributed by atoms with Gasteiger partial charge >= 0.3 is 0 Å². The monoisotopic (exact) mass is 751 g/mol. The summed E-state index contributed by atoms with van der Waals surface area (Å²) >= 11 is 0. The number of para-hydroxylation sites is 1. The van der Waals surface area contributed by atoms with Crippen LogP contribution < -0.4 is 20.1 Å². The van der Waals surface area contributed by atoms with Crippen LogP contribution in [0.1, 0.15) is 68.3 Å². The van der Waals surface area contributed by atoms with Gasteiger partial charge in [-0.05, 0) is 62.1 Å². The van der Waals surface area contributed by atoms with Crippen molar-refractivity contribution in [3.05, 3.63) is 85.0 Å². The number of benzene rings is 2. The lowest BCUT2D eigenvalue weighted by Gasteiger charge is -2.29. The summed E-state index contributed by atoms with van der Waals surface area (Å²) in [5, 5.41) is 7.78. The fourth-order valence-corrected chi connectivity index (χ4v) is 8.99. The molecule has 2 aromatic heterocycles. The first-order chi connectivity index (χ1) is 26.1. The Labute approximate surface area is 312 Å². The van der Waals surface area contributed by atoms with Crippen molar-refractivity contribution in [3.63, 3.8) is 0 Å². The molecule has 4 heterocycles. The molecule has 3 fully saturated rings. The van der Waals surface area contributed by atoms with Crippen LogP contribution in [-0.4, -0.2) is 87.4 Å². The van der Waals surface area contributed by atoms with Crippen molar-refractivity contribution >= 4 is 55.3 Å². The summed E-state index contributed by atoms with van der Waals surface area (Å²) in [6.07, 6.45) is 10.2. The highest BCUT2D eigenvalue weighted by Gasteiger charge is 2.62. The molecule has 4 aliphatic rings. The van der Waals surface area contributed by atoms with Gasteiger partial charge in [-0.3, -0.25) is 23.9 Å². The van der Waals surface area contributed by atoms with Crippen LogP contribution >= 0.6 is 0 Å². The number of rotatable bonds is 7. The minimum absolute atomic E-state index is 0.00177. The third kappa shape index (κ3) is 7.11. The second-order valence-corrected chi connectivity index (χ2v) is 16.6. The largest absolute Gasteiger partial charge is 0.472 e. The highest BCUT2D eigenvalue weighted by atomic mass is 32.2. The maximum absolute atomic E-state index is 14.6. The predicted molar refractivity (Wildman–Crippen MR) is 198 cm³/mol. The van der Waals surface area contributed by atoms with Gasteiger partial charge in [0.25, 0.3) is 11.8 Å². The number of carbonyl (C=O) groups is 4. The van der Waals surface area contributed by atoms with Gasteiger partial charge in [-0.25, -0.2) is 23.4 Å². The van der Waals surface area contributed by atoms with E-state index in [1.165, 1.54) is 23.5 Å². The van der Waals surface area contributed by atoms with Crippen LogP contribution in [0, 0.1) is 5.92 Å². The Bertz CT molecular complexity index is 2270. The second-order valence-electron chi connectivity index (χ2n) is 14.6. The van der Waals surface area contributed by atoms with Crippen molar-refractivity contribution in [1.29, 1.82) is 0 Å². The summed E-state index contributed by atoms with van der Waals surface area (Å²) in [5.74, 6) is -2.50. The molecule has 1 saturated heterocycles. The first kappa shape index (κ1) is 35.6. The SMILES string of the molecule is O=C(N[C@H]1CCCCCC=C[C@@H]2C[C@@]2(C(=O)NS(=O)(=O)C2CC2)NC(=O)[C@@H]2C[C@@H](Oc3nc4ccccc4c4ccccc34)CN2C1=O)c1ccncn1. The third-order valence-electron chi connectivity index (χ3n) is 10.8. The van der Waals surface area contributed by atoms with Crippen LogP contribution in [-0.2, 0) is 24.4 Å². The number of pyridine rings is 1. The summed E-state index contributed by atoms with van der Waals surface area (Å²) in [6.45, 7) is -0.00177. The van der Waals surface area contributed by atoms with Crippen molar-refractivity contribution in [2.24, 2.45) is 5.92 Å². The number of hydrogen-bond donors (Lipinski definition) is 3. The molecule has 0 bridgehead atoms. The minimum Gasteiger partial charge on any atom is -0.472 e. The summed E-state index contributed by atoms with van der Waals surface area (Å²) in [7, 11) is -3.89. The summed E-state index contributed by atoms with van der Waals surface area (Å²) in [6, 6.07) is 14.8. The molecule has 14 nitrogen and oxygen atoms in total. The Morgan fingerprint density at radius 1 is 0.944 bits per heavy atom. The van der Waals surface area contributed by atoms with Gasteiger partial charge in [0, 0.05) is 29.3 Å². The Morgan fingerprint density at radius 2 is 1.72 bits per heavy atom. The van der Waals surface area contributed by atoms with Gasteiger partial charge in [-0.2, -0.15) is 0 Å². The van der Waals surface area contributed by atoms with E-state index in [2.05, 4.69) is 25.3 Å². The number of aromatic nitrogens is 3. The van der Waals surface area contributed by atoms with Crippen LogP contribution in [0.3, 0.4) is 0 Å². The molecule has 2 aromatic carbocycles. The van der Waals surface area contributed by atoms with E-state index in [0.29, 0.717) is 38.0 Å². The average molecular weight is 752 g/mol. The van der Waals surface area contributed by atoms with Crippen molar-refractivity contribution < 1.29 is 32.3 Å². The third-order valence-corrected chi connectivity index (χ3v) is 12.6. The standard InChI is InChI=1S/C39H41N7O7S/c47-34(31-18-19-40-23-41-31)42-32-15-5-3-1-2-4-10-24-21-39(24,38(50)45-54(51,52)26-16-17-26)44-35(48)33-20-25(22-46(33)37(32)49)53-36-29-13-7-6-11-27(29)28-12-8-9-14-30(28)43-36/h4,6-14,18-19,23-26,32-33H,1-3,5,15-17,20-22H2,(H,42,47)(H,44,48)(H,45,50)/t24-,25-,32+,33+,39-/m1/s1. The van der Waals surface area contributed by atoms with E-state index in [0.717, 1.165) is 34.5 Å². The molecular formula is C39H41N7O7S. The molecule has 280 valence electrons. The lowest BCUT2D eigenvalue weighted by Crippen LogP contribution is -2.58. The van der Waals surface area contributed by atoms with Gasteiger partial charge in [0.1, 0.15) is 35.7 Å². The molecule has 0 spiro atoms. The zero-order chi connectivity index (χ0) is 37.5. The van der Waals surface area contributed by atoms with Crippen LogP contribution in [0.25, 0.3) is 21.7 Å². The lowest BCUT2D eigenvalue weighted by atomic mass is 10.0. The molecule has 2 saturated carbocycles. The van der Waals surface area contributed by atoms with Gasteiger partial charge in [-0.15, -0.1) is 0 Å². The van der Waals surface area contributed by atoms with E-state index in [9.17, 15) is 27.6 Å². The zero-order valence-electron chi connectivity index (χ0n) is 29.5.